The van der Waals surface area contributed by atoms with E-state index in [0.29, 0.717) is 0 Å². The first-order valence-electron chi connectivity index (χ1n) is 6.16. The Morgan fingerprint density at radius 1 is 1.24 bits per heavy atom. The van der Waals surface area contributed by atoms with Gasteiger partial charge in [-0.1, -0.05) is 31.0 Å². The van der Waals surface area contributed by atoms with Crippen LogP contribution in [0.1, 0.15) is 36.0 Å². The summed E-state index contributed by atoms with van der Waals surface area (Å²) >= 11 is 6.32. The number of hydrogen-bond acceptors (Lipinski definition) is 1. The van der Waals surface area contributed by atoms with Gasteiger partial charge in [-0.3, -0.25) is 4.79 Å². The van der Waals surface area contributed by atoms with Crippen LogP contribution in [0.5, 0.6) is 0 Å². The van der Waals surface area contributed by atoms with Crippen molar-refractivity contribution in [3.8, 4) is 0 Å². The lowest BCUT2D eigenvalue weighted by Crippen LogP contribution is -2.44. The Labute approximate surface area is 108 Å². The molecular weight excluding hydrogens is 234 g/mol. The number of halogens is 1. The maximum atomic E-state index is 12.3. The molecule has 1 aromatic rings. The van der Waals surface area contributed by atoms with Crippen molar-refractivity contribution >= 4 is 17.5 Å². The van der Waals surface area contributed by atoms with E-state index in [9.17, 15) is 4.79 Å². The number of benzene rings is 1. The maximum Gasteiger partial charge on any atom is 0.253 e. The highest BCUT2D eigenvalue weighted by molar-refractivity contribution is 6.21. The minimum Gasteiger partial charge on any atom is -0.337 e. The van der Waals surface area contributed by atoms with Gasteiger partial charge in [-0.2, -0.15) is 0 Å². The highest BCUT2D eigenvalue weighted by Gasteiger charge is 2.29. The zero-order valence-corrected chi connectivity index (χ0v) is 10.9. The first kappa shape index (κ1) is 12.4. The molecule has 0 aliphatic heterocycles. The average Bonchev–Trinajstić information content (AvgIpc) is 2.39. The zero-order chi connectivity index (χ0) is 12.3. The normalized spacial score (nSPS) is 24.4. The van der Waals surface area contributed by atoms with E-state index < -0.39 is 0 Å². The minimum atomic E-state index is 0.0724. The molecule has 2 unspecified atom stereocenters. The molecule has 0 radical (unpaired) electrons. The molecule has 17 heavy (non-hydrogen) atoms. The third-order valence-corrected chi connectivity index (χ3v) is 3.99. The van der Waals surface area contributed by atoms with Gasteiger partial charge in [-0.05, 0) is 25.0 Å². The number of alkyl halides is 1. The first-order chi connectivity index (χ1) is 8.20. The van der Waals surface area contributed by atoms with Gasteiger partial charge in [-0.15, -0.1) is 11.6 Å². The van der Waals surface area contributed by atoms with Crippen LogP contribution in [0.25, 0.3) is 0 Å². The molecule has 0 spiro atoms. The number of nitrogens with zero attached hydrogens (tertiary/aromatic N) is 1. The van der Waals surface area contributed by atoms with E-state index in [1.54, 1.807) is 0 Å². The fraction of sp³-hybridized carbons (Fsp3) is 0.500. The lowest BCUT2D eigenvalue weighted by atomic mass is 9.93. The van der Waals surface area contributed by atoms with Crippen molar-refractivity contribution in [2.45, 2.75) is 37.1 Å². The van der Waals surface area contributed by atoms with Crippen LogP contribution in [0.15, 0.2) is 30.3 Å². The Morgan fingerprint density at radius 3 is 2.53 bits per heavy atom. The Morgan fingerprint density at radius 2 is 1.88 bits per heavy atom. The summed E-state index contributed by atoms with van der Waals surface area (Å²) in [6.45, 7) is 0. The van der Waals surface area contributed by atoms with Crippen LogP contribution >= 0.6 is 11.6 Å². The first-order valence-corrected chi connectivity index (χ1v) is 6.60. The van der Waals surface area contributed by atoms with E-state index in [2.05, 4.69) is 0 Å². The fourth-order valence-electron chi connectivity index (χ4n) is 2.44. The van der Waals surface area contributed by atoms with Gasteiger partial charge >= 0.3 is 0 Å². The summed E-state index contributed by atoms with van der Waals surface area (Å²) in [5.41, 5.74) is 0.740. The van der Waals surface area contributed by atoms with Gasteiger partial charge < -0.3 is 4.90 Å². The SMILES string of the molecule is CN(C(=O)c1ccccc1)C1CCCCC1Cl. The molecule has 1 amide bonds. The molecule has 2 atom stereocenters. The molecule has 92 valence electrons. The Bertz CT molecular complexity index is 379. The number of hydrogen-bond donors (Lipinski definition) is 0. The summed E-state index contributed by atoms with van der Waals surface area (Å²) in [5.74, 6) is 0.0724. The van der Waals surface area contributed by atoms with E-state index in [1.165, 1.54) is 12.8 Å². The van der Waals surface area contributed by atoms with Crippen molar-refractivity contribution < 1.29 is 4.79 Å². The quantitative estimate of drug-likeness (QED) is 0.739. The molecule has 1 saturated carbocycles. The predicted molar refractivity (Wildman–Crippen MR) is 70.4 cm³/mol. The number of rotatable bonds is 2. The second kappa shape index (κ2) is 5.54. The van der Waals surface area contributed by atoms with Crippen LogP contribution < -0.4 is 0 Å². The van der Waals surface area contributed by atoms with Crippen molar-refractivity contribution in [1.29, 1.82) is 0 Å². The lowest BCUT2D eigenvalue weighted by molar-refractivity contribution is 0.0700. The number of amides is 1. The molecule has 1 fully saturated rings. The zero-order valence-electron chi connectivity index (χ0n) is 10.1. The Balaban J connectivity index is 2.09. The van der Waals surface area contributed by atoms with Crippen LogP contribution in [-0.4, -0.2) is 29.3 Å². The molecule has 1 aliphatic rings. The van der Waals surface area contributed by atoms with Crippen LogP contribution in [0.2, 0.25) is 0 Å². The summed E-state index contributed by atoms with van der Waals surface area (Å²) in [5, 5.41) is 0.0985. The van der Waals surface area contributed by atoms with Gasteiger partial charge in [0.05, 0.1) is 5.38 Å². The molecular formula is C14H18ClNO. The van der Waals surface area contributed by atoms with Gasteiger partial charge in [0.25, 0.3) is 5.91 Å². The third-order valence-electron chi connectivity index (χ3n) is 3.49. The van der Waals surface area contributed by atoms with Crippen molar-refractivity contribution in [2.24, 2.45) is 0 Å². The molecule has 0 saturated heterocycles. The Kier molecular flexibility index (Phi) is 4.06. The standard InChI is InChI=1S/C14H18ClNO/c1-16(13-10-6-5-9-12(13)15)14(17)11-7-3-2-4-8-11/h2-4,7-8,12-13H,5-6,9-10H2,1H3. The van der Waals surface area contributed by atoms with Crippen LogP contribution in [0.4, 0.5) is 0 Å². The predicted octanol–water partition coefficient (Wildman–Crippen LogP) is 3.31. The van der Waals surface area contributed by atoms with Gasteiger partial charge in [0.15, 0.2) is 0 Å². The topological polar surface area (TPSA) is 20.3 Å². The van der Waals surface area contributed by atoms with E-state index in [0.717, 1.165) is 18.4 Å². The van der Waals surface area contributed by atoms with E-state index in [1.807, 2.05) is 42.3 Å². The molecule has 1 aromatic carbocycles. The molecule has 2 nitrogen and oxygen atoms in total. The van der Waals surface area contributed by atoms with Gasteiger partial charge in [0.1, 0.15) is 0 Å². The van der Waals surface area contributed by atoms with Crippen LogP contribution in [0, 0.1) is 0 Å². The van der Waals surface area contributed by atoms with Crippen molar-refractivity contribution in [1.82, 2.24) is 4.90 Å². The summed E-state index contributed by atoms with van der Waals surface area (Å²) in [7, 11) is 1.86. The summed E-state index contributed by atoms with van der Waals surface area (Å²) in [6.07, 6.45) is 4.38. The monoisotopic (exact) mass is 251 g/mol. The summed E-state index contributed by atoms with van der Waals surface area (Å²) < 4.78 is 0. The maximum absolute atomic E-state index is 12.3. The lowest BCUT2D eigenvalue weighted by Gasteiger charge is -2.35. The average molecular weight is 252 g/mol. The Hall–Kier alpha value is -1.02. The van der Waals surface area contributed by atoms with Crippen molar-refractivity contribution in [3.05, 3.63) is 35.9 Å². The second-order valence-electron chi connectivity index (χ2n) is 4.65. The summed E-state index contributed by atoms with van der Waals surface area (Å²) in [4.78, 5) is 14.1. The molecule has 3 heteroatoms. The molecule has 0 bridgehead atoms. The molecule has 0 heterocycles. The number of carbonyl (C=O) groups is 1. The fourth-order valence-corrected chi connectivity index (χ4v) is 2.89. The van der Waals surface area contributed by atoms with Crippen LogP contribution in [-0.2, 0) is 0 Å². The van der Waals surface area contributed by atoms with E-state index in [-0.39, 0.29) is 17.3 Å². The third kappa shape index (κ3) is 2.81. The van der Waals surface area contributed by atoms with Gasteiger partial charge in [0.2, 0.25) is 0 Å². The molecule has 0 N–H and O–H groups in total. The smallest absolute Gasteiger partial charge is 0.253 e. The van der Waals surface area contributed by atoms with E-state index in [4.69, 9.17) is 11.6 Å². The highest BCUT2D eigenvalue weighted by Crippen LogP contribution is 2.27. The molecule has 0 aromatic heterocycles. The van der Waals surface area contributed by atoms with Gasteiger partial charge in [0, 0.05) is 18.7 Å². The molecule has 2 rings (SSSR count). The van der Waals surface area contributed by atoms with Crippen molar-refractivity contribution in [3.63, 3.8) is 0 Å². The largest absolute Gasteiger partial charge is 0.337 e. The second-order valence-corrected chi connectivity index (χ2v) is 5.21. The van der Waals surface area contributed by atoms with Crippen LogP contribution in [0.3, 0.4) is 0 Å². The number of carbonyl (C=O) groups excluding carboxylic acids is 1. The van der Waals surface area contributed by atoms with Crippen molar-refractivity contribution in [2.75, 3.05) is 7.05 Å². The highest BCUT2D eigenvalue weighted by atomic mass is 35.5. The van der Waals surface area contributed by atoms with E-state index >= 15 is 0 Å². The summed E-state index contributed by atoms with van der Waals surface area (Å²) in [6, 6.07) is 9.58. The van der Waals surface area contributed by atoms with Gasteiger partial charge in [-0.25, -0.2) is 0 Å². The molecule has 1 aliphatic carbocycles. The minimum absolute atomic E-state index is 0.0724.